The van der Waals surface area contributed by atoms with E-state index in [2.05, 4.69) is 0 Å². The second kappa shape index (κ2) is 7.53. The summed E-state index contributed by atoms with van der Waals surface area (Å²) in [6.07, 6.45) is 0.478. The van der Waals surface area contributed by atoms with Crippen LogP contribution in [0.5, 0.6) is 5.75 Å². The summed E-state index contributed by atoms with van der Waals surface area (Å²) in [5.74, 6) is -0.891. The van der Waals surface area contributed by atoms with E-state index in [1.807, 2.05) is 13.0 Å². The van der Waals surface area contributed by atoms with E-state index in [9.17, 15) is 14.7 Å². The van der Waals surface area contributed by atoms with Crippen LogP contribution in [0.15, 0.2) is 24.3 Å². The molecule has 5 nitrogen and oxygen atoms in total. The number of hydrogen-bond acceptors (Lipinski definition) is 5. The monoisotopic (exact) mass is 280 g/mol. The average Bonchev–Trinajstić information content (AvgIpc) is 2.34. The molecule has 20 heavy (non-hydrogen) atoms. The Morgan fingerprint density at radius 3 is 2.30 bits per heavy atom. The summed E-state index contributed by atoms with van der Waals surface area (Å²) in [6, 6.07) is 6.96. The lowest BCUT2D eigenvalue weighted by Crippen LogP contribution is -2.29. The molecule has 110 valence electrons. The molecule has 1 N–H and O–H groups in total. The lowest BCUT2D eigenvalue weighted by Gasteiger charge is -2.22. The van der Waals surface area contributed by atoms with Crippen LogP contribution in [0.2, 0.25) is 0 Å². The number of benzene rings is 1. The molecule has 0 spiro atoms. The molecule has 0 aliphatic rings. The zero-order valence-electron chi connectivity index (χ0n) is 12.0. The number of carbonyl (C=O) groups excluding carboxylic acids is 2. The summed E-state index contributed by atoms with van der Waals surface area (Å²) in [6.45, 7) is 4.40. The molecule has 1 atom stereocenters. The van der Waals surface area contributed by atoms with Crippen molar-refractivity contribution in [2.75, 3.05) is 0 Å². The summed E-state index contributed by atoms with van der Waals surface area (Å²) in [5, 5.41) is 9.39. The predicted molar refractivity (Wildman–Crippen MR) is 72.9 cm³/mol. The second-order valence-electron chi connectivity index (χ2n) is 4.77. The maximum Gasteiger partial charge on any atom is 0.305 e. The van der Waals surface area contributed by atoms with Crippen LogP contribution in [0.25, 0.3) is 0 Å². The smallest absolute Gasteiger partial charge is 0.305 e. The van der Waals surface area contributed by atoms with Gasteiger partial charge in [0, 0.05) is 19.8 Å². The lowest BCUT2D eigenvalue weighted by molar-refractivity contribution is -0.194. The zero-order chi connectivity index (χ0) is 15.1. The van der Waals surface area contributed by atoms with Crippen molar-refractivity contribution in [3.05, 3.63) is 29.8 Å². The third-order valence-corrected chi connectivity index (χ3v) is 2.83. The van der Waals surface area contributed by atoms with Gasteiger partial charge in [0.1, 0.15) is 5.75 Å². The summed E-state index contributed by atoms with van der Waals surface area (Å²) in [4.78, 5) is 22.0. The van der Waals surface area contributed by atoms with Gasteiger partial charge in [0.05, 0.1) is 0 Å². The number of carbonyl (C=O) groups is 2. The number of ether oxygens (including phenoxy) is 2. The van der Waals surface area contributed by atoms with Gasteiger partial charge in [-0.2, -0.15) is 0 Å². The maximum atomic E-state index is 11.0. The van der Waals surface area contributed by atoms with E-state index in [1.165, 1.54) is 13.8 Å². The van der Waals surface area contributed by atoms with Crippen molar-refractivity contribution in [1.29, 1.82) is 0 Å². The number of phenols is 1. The number of esters is 2. The standard InChI is InChI=1S/C15H20O5/c1-10(15(19-11(2)16)20-12(3)17)7-8-13-5-4-6-14(18)9-13/h4-6,9-10,15,18H,7-8H2,1-3H3. The molecule has 0 fully saturated rings. The minimum atomic E-state index is -0.873. The Bertz CT molecular complexity index is 453. The average molecular weight is 280 g/mol. The van der Waals surface area contributed by atoms with Gasteiger partial charge in [0.2, 0.25) is 6.29 Å². The van der Waals surface area contributed by atoms with Gasteiger partial charge in [0.25, 0.3) is 0 Å². The Morgan fingerprint density at radius 2 is 1.80 bits per heavy atom. The van der Waals surface area contributed by atoms with Crippen LogP contribution in [-0.2, 0) is 25.5 Å². The zero-order valence-corrected chi connectivity index (χ0v) is 12.0. The van der Waals surface area contributed by atoms with Gasteiger partial charge in [-0.3, -0.25) is 9.59 Å². The minimum absolute atomic E-state index is 0.134. The topological polar surface area (TPSA) is 72.8 Å². The largest absolute Gasteiger partial charge is 0.508 e. The van der Waals surface area contributed by atoms with Crippen molar-refractivity contribution in [1.82, 2.24) is 0 Å². The Hall–Kier alpha value is -2.04. The first-order valence-electron chi connectivity index (χ1n) is 6.51. The highest BCUT2D eigenvalue weighted by atomic mass is 16.7. The molecule has 0 amide bonds. The molecule has 0 saturated carbocycles. The SMILES string of the molecule is CC(=O)OC(OC(C)=O)C(C)CCc1cccc(O)c1. The molecular formula is C15H20O5. The van der Waals surface area contributed by atoms with E-state index in [1.54, 1.807) is 18.2 Å². The molecule has 1 rings (SSSR count). The van der Waals surface area contributed by atoms with Crippen LogP contribution in [0, 0.1) is 5.92 Å². The van der Waals surface area contributed by atoms with Crippen LogP contribution in [0.4, 0.5) is 0 Å². The minimum Gasteiger partial charge on any atom is -0.508 e. The third-order valence-electron chi connectivity index (χ3n) is 2.83. The van der Waals surface area contributed by atoms with Crippen LogP contribution >= 0.6 is 0 Å². The molecule has 0 radical (unpaired) electrons. The van der Waals surface area contributed by atoms with Crippen LogP contribution in [0.1, 0.15) is 32.8 Å². The predicted octanol–water partition coefficient (Wildman–Crippen LogP) is 2.41. The van der Waals surface area contributed by atoms with Crippen LogP contribution < -0.4 is 0 Å². The maximum absolute atomic E-state index is 11.0. The first-order chi connectivity index (χ1) is 9.38. The molecule has 1 aromatic rings. The number of rotatable bonds is 6. The van der Waals surface area contributed by atoms with Crippen molar-refractivity contribution in [2.24, 2.45) is 5.92 Å². The molecule has 5 heteroatoms. The Balaban J connectivity index is 2.58. The Morgan fingerprint density at radius 1 is 1.20 bits per heavy atom. The van der Waals surface area contributed by atoms with E-state index in [-0.39, 0.29) is 11.7 Å². The fourth-order valence-electron chi connectivity index (χ4n) is 1.83. The van der Waals surface area contributed by atoms with E-state index in [4.69, 9.17) is 9.47 Å². The molecule has 0 bridgehead atoms. The van der Waals surface area contributed by atoms with Gasteiger partial charge in [-0.25, -0.2) is 0 Å². The first-order valence-corrected chi connectivity index (χ1v) is 6.51. The molecule has 1 aromatic carbocycles. The van der Waals surface area contributed by atoms with Crippen LogP contribution in [0.3, 0.4) is 0 Å². The van der Waals surface area contributed by atoms with E-state index >= 15 is 0 Å². The Labute approximate surface area is 118 Å². The van der Waals surface area contributed by atoms with Gasteiger partial charge in [-0.05, 0) is 30.5 Å². The second-order valence-corrected chi connectivity index (χ2v) is 4.77. The highest BCUT2D eigenvalue weighted by molar-refractivity contribution is 5.68. The van der Waals surface area contributed by atoms with Crippen molar-refractivity contribution in [3.63, 3.8) is 0 Å². The van der Waals surface area contributed by atoms with Gasteiger partial charge in [0.15, 0.2) is 0 Å². The fourth-order valence-corrected chi connectivity index (χ4v) is 1.83. The molecule has 0 heterocycles. The Kier molecular flexibility index (Phi) is 6.03. The van der Waals surface area contributed by atoms with Crippen molar-refractivity contribution < 1.29 is 24.2 Å². The van der Waals surface area contributed by atoms with E-state index in [0.29, 0.717) is 12.8 Å². The van der Waals surface area contributed by atoms with E-state index in [0.717, 1.165) is 5.56 Å². The van der Waals surface area contributed by atoms with Gasteiger partial charge >= 0.3 is 11.9 Å². The third kappa shape index (κ3) is 5.73. The number of aryl methyl sites for hydroxylation is 1. The molecule has 1 unspecified atom stereocenters. The van der Waals surface area contributed by atoms with Crippen molar-refractivity contribution in [3.8, 4) is 5.75 Å². The normalized spacial score (nSPS) is 12.0. The number of aromatic hydroxyl groups is 1. The molecule has 0 aliphatic heterocycles. The molecule has 0 aliphatic carbocycles. The summed E-state index contributed by atoms with van der Waals surface area (Å²) in [7, 11) is 0. The van der Waals surface area contributed by atoms with Crippen molar-refractivity contribution in [2.45, 2.75) is 39.9 Å². The molecule has 0 aromatic heterocycles. The fraction of sp³-hybridized carbons (Fsp3) is 0.467. The first kappa shape index (κ1) is 16.0. The summed E-state index contributed by atoms with van der Waals surface area (Å²) in [5.41, 5.74) is 0.973. The molecular weight excluding hydrogens is 260 g/mol. The summed E-state index contributed by atoms with van der Waals surface area (Å²) >= 11 is 0. The number of phenolic OH excluding ortho intramolecular Hbond substituents is 1. The summed E-state index contributed by atoms with van der Waals surface area (Å²) < 4.78 is 10.0. The van der Waals surface area contributed by atoms with Gasteiger partial charge in [-0.15, -0.1) is 0 Å². The van der Waals surface area contributed by atoms with Gasteiger partial charge in [-0.1, -0.05) is 19.1 Å². The number of hydrogen-bond donors (Lipinski definition) is 1. The van der Waals surface area contributed by atoms with Crippen molar-refractivity contribution >= 4 is 11.9 Å². The van der Waals surface area contributed by atoms with Crippen LogP contribution in [-0.4, -0.2) is 23.3 Å². The van der Waals surface area contributed by atoms with E-state index < -0.39 is 18.2 Å². The lowest BCUT2D eigenvalue weighted by atomic mass is 10.0. The molecule has 0 saturated heterocycles. The quantitative estimate of drug-likeness (QED) is 0.640. The highest BCUT2D eigenvalue weighted by Gasteiger charge is 2.23. The highest BCUT2D eigenvalue weighted by Crippen LogP contribution is 2.19. The van der Waals surface area contributed by atoms with Gasteiger partial charge < -0.3 is 14.6 Å².